The molecule has 0 saturated carbocycles. The summed E-state index contributed by atoms with van der Waals surface area (Å²) in [5, 5.41) is 7.52. The Bertz CT molecular complexity index is 326. The second kappa shape index (κ2) is 7.83. The molecule has 2 heterocycles. The van der Waals surface area contributed by atoms with E-state index in [0.29, 0.717) is 6.04 Å². The van der Waals surface area contributed by atoms with Crippen molar-refractivity contribution in [2.75, 3.05) is 18.1 Å². The van der Waals surface area contributed by atoms with Crippen LogP contribution in [0.4, 0.5) is 0 Å². The van der Waals surface area contributed by atoms with Gasteiger partial charge in [0.15, 0.2) is 0 Å². The van der Waals surface area contributed by atoms with Crippen LogP contribution in [0.3, 0.4) is 0 Å². The lowest BCUT2D eigenvalue weighted by atomic mass is 10.0. The average Bonchev–Trinajstić information content (AvgIpc) is 2.91. The van der Waals surface area contributed by atoms with Gasteiger partial charge >= 0.3 is 0 Å². The van der Waals surface area contributed by atoms with Gasteiger partial charge in [-0.1, -0.05) is 19.9 Å². The summed E-state index contributed by atoms with van der Waals surface area (Å²) < 4.78 is 0. The zero-order chi connectivity index (χ0) is 12.8. The quantitative estimate of drug-likeness (QED) is 0.856. The zero-order valence-electron chi connectivity index (χ0n) is 11.2. The van der Waals surface area contributed by atoms with Gasteiger partial charge in [0.25, 0.3) is 0 Å². The highest BCUT2D eigenvalue weighted by molar-refractivity contribution is 8.07. The Morgan fingerprint density at radius 2 is 2.17 bits per heavy atom. The lowest BCUT2D eigenvalue weighted by Gasteiger charge is -2.36. The highest BCUT2D eigenvalue weighted by atomic mass is 32.2. The van der Waals surface area contributed by atoms with E-state index in [0.717, 1.165) is 17.0 Å². The van der Waals surface area contributed by atoms with Crippen LogP contribution >= 0.6 is 34.9 Å². The van der Waals surface area contributed by atoms with Gasteiger partial charge in [0, 0.05) is 32.9 Å². The second-order valence-corrected chi connectivity index (χ2v) is 8.27. The molecule has 4 heteroatoms. The minimum Gasteiger partial charge on any atom is -0.313 e. The molecule has 0 aromatic carbocycles. The van der Waals surface area contributed by atoms with Crippen molar-refractivity contribution in [3.63, 3.8) is 0 Å². The van der Waals surface area contributed by atoms with Gasteiger partial charge in [0.2, 0.25) is 0 Å². The molecule has 0 amide bonds. The van der Waals surface area contributed by atoms with E-state index in [2.05, 4.69) is 60.2 Å². The molecule has 0 radical (unpaired) electrons. The molecule has 1 N–H and O–H groups in total. The van der Waals surface area contributed by atoms with Crippen molar-refractivity contribution in [2.24, 2.45) is 0 Å². The molecule has 1 nitrogen and oxygen atoms in total. The number of thiophene rings is 1. The van der Waals surface area contributed by atoms with Crippen molar-refractivity contribution in [1.29, 1.82) is 0 Å². The number of hydrogen-bond acceptors (Lipinski definition) is 4. The van der Waals surface area contributed by atoms with Gasteiger partial charge in [-0.15, -0.1) is 11.3 Å². The molecule has 3 atom stereocenters. The molecule has 2 rings (SSSR count). The lowest BCUT2D eigenvalue weighted by Crippen LogP contribution is -2.46. The van der Waals surface area contributed by atoms with E-state index in [4.69, 9.17) is 0 Å². The fourth-order valence-electron chi connectivity index (χ4n) is 2.52. The van der Waals surface area contributed by atoms with E-state index < -0.39 is 0 Å². The summed E-state index contributed by atoms with van der Waals surface area (Å²) in [6.07, 6.45) is 2.49. The minimum absolute atomic E-state index is 0.636. The fraction of sp³-hybridized carbons (Fsp3) is 0.714. The Labute approximate surface area is 124 Å². The molecule has 0 aliphatic carbocycles. The molecule has 3 unspecified atom stereocenters. The maximum absolute atomic E-state index is 3.73. The van der Waals surface area contributed by atoms with Crippen molar-refractivity contribution < 1.29 is 0 Å². The number of nitrogens with one attached hydrogen (secondary N) is 1. The van der Waals surface area contributed by atoms with Gasteiger partial charge in [0.05, 0.1) is 0 Å². The maximum Gasteiger partial charge on any atom is 0.0323 e. The summed E-state index contributed by atoms with van der Waals surface area (Å²) in [4.78, 5) is 1.52. The molecule has 1 aliphatic rings. The van der Waals surface area contributed by atoms with Crippen LogP contribution in [0.15, 0.2) is 17.5 Å². The Hall–Kier alpha value is 0.360. The first-order chi connectivity index (χ1) is 8.85. The van der Waals surface area contributed by atoms with E-state index >= 15 is 0 Å². The normalized spacial score (nSPS) is 26.1. The van der Waals surface area contributed by atoms with Crippen LogP contribution < -0.4 is 5.32 Å². The van der Waals surface area contributed by atoms with E-state index in [1.807, 2.05) is 11.3 Å². The minimum atomic E-state index is 0.636. The maximum atomic E-state index is 3.73. The SMILES string of the molecule is CCNC(Cc1cccs1)C1SCCSC1CC. The fourth-order valence-corrected chi connectivity index (χ4v) is 6.55. The Morgan fingerprint density at radius 3 is 2.83 bits per heavy atom. The number of thioether (sulfide) groups is 2. The third-order valence-electron chi connectivity index (χ3n) is 3.36. The topological polar surface area (TPSA) is 12.0 Å². The Kier molecular flexibility index (Phi) is 6.42. The van der Waals surface area contributed by atoms with E-state index in [1.54, 1.807) is 0 Å². The standard InChI is InChI=1S/C14H23NS3/c1-3-13-14(18-9-8-17-13)12(15-4-2)10-11-6-5-7-16-11/h5-7,12-15H,3-4,8-10H2,1-2H3. The van der Waals surface area contributed by atoms with Crippen LogP contribution in [0.25, 0.3) is 0 Å². The van der Waals surface area contributed by atoms with E-state index in [1.165, 1.54) is 29.2 Å². The molecule has 0 bridgehead atoms. The summed E-state index contributed by atoms with van der Waals surface area (Å²) >= 11 is 6.26. The highest BCUT2D eigenvalue weighted by Gasteiger charge is 2.31. The van der Waals surface area contributed by atoms with Crippen molar-refractivity contribution in [3.05, 3.63) is 22.4 Å². The largest absolute Gasteiger partial charge is 0.313 e. The van der Waals surface area contributed by atoms with Crippen LogP contribution in [-0.4, -0.2) is 34.6 Å². The monoisotopic (exact) mass is 301 g/mol. The van der Waals surface area contributed by atoms with Gasteiger partial charge < -0.3 is 5.32 Å². The predicted molar refractivity (Wildman–Crippen MR) is 88.3 cm³/mol. The Morgan fingerprint density at radius 1 is 1.33 bits per heavy atom. The smallest absolute Gasteiger partial charge is 0.0323 e. The molecule has 1 aromatic rings. The van der Waals surface area contributed by atoms with Crippen LogP contribution in [-0.2, 0) is 6.42 Å². The molecular formula is C14H23NS3. The number of likely N-dealkylation sites (N-methyl/N-ethyl adjacent to an activating group) is 1. The third-order valence-corrected chi connectivity index (χ3v) is 7.66. The van der Waals surface area contributed by atoms with E-state index in [-0.39, 0.29) is 0 Å². The first kappa shape index (κ1) is 14.8. The molecule has 1 fully saturated rings. The van der Waals surface area contributed by atoms with Crippen molar-refractivity contribution in [1.82, 2.24) is 5.32 Å². The third kappa shape index (κ3) is 3.92. The summed E-state index contributed by atoms with van der Waals surface area (Å²) in [5.41, 5.74) is 0. The average molecular weight is 302 g/mol. The van der Waals surface area contributed by atoms with Crippen LogP contribution in [0.2, 0.25) is 0 Å². The van der Waals surface area contributed by atoms with Crippen LogP contribution in [0, 0.1) is 0 Å². The van der Waals surface area contributed by atoms with Gasteiger partial charge in [-0.25, -0.2) is 0 Å². The molecule has 102 valence electrons. The summed E-state index contributed by atoms with van der Waals surface area (Å²) in [6.45, 7) is 5.64. The summed E-state index contributed by atoms with van der Waals surface area (Å²) in [5.74, 6) is 2.65. The molecule has 1 saturated heterocycles. The summed E-state index contributed by atoms with van der Waals surface area (Å²) in [6, 6.07) is 5.08. The first-order valence-corrected chi connectivity index (χ1v) is 9.81. The van der Waals surface area contributed by atoms with Crippen molar-refractivity contribution in [2.45, 2.75) is 43.2 Å². The van der Waals surface area contributed by atoms with Crippen LogP contribution in [0.5, 0.6) is 0 Å². The highest BCUT2D eigenvalue weighted by Crippen LogP contribution is 2.36. The van der Waals surface area contributed by atoms with Gasteiger partial charge in [0.1, 0.15) is 0 Å². The molecule has 0 spiro atoms. The predicted octanol–water partition coefficient (Wildman–Crippen LogP) is 3.90. The molecular weight excluding hydrogens is 278 g/mol. The van der Waals surface area contributed by atoms with Gasteiger partial charge in [-0.05, 0) is 30.8 Å². The van der Waals surface area contributed by atoms with Crippen molar-refractivity contribution >= 4 is 34.9 Å². The van der Waals surface area contributed by atoms with Crippen LogP contribution in [0.1, 0.15) is 25.1 Å². The number of hydrogen-bond donors (Lipinski definition) is 1. The number of rotatable bonds is 6. The zero-order valence-corrected chi connectivity index (χ0v) is 13.7. The van der Waals surface area contributed by atoms with E-state index in [9.17, 15) is 0 Å². The first-order valence-electron chi connectivity index (χ1n) is 6.84. The molecule has 1 aromatic heterocycles. The van der Waals surface area contributed by atoms with Gasteiger partial charge in [-0.2, -0.15) is 23.5 Å². The Balaban J connectivity index is 2.02. The lowest BCUT2D eigenvalue weighted by molar-refractivity contribution is 0.492. The molecule has 1 aliphatic heterocycles. The molecule has 18 heavy (non-hydrogen) atoms. The second-order valence-electron chi connectivity index (χ2n) is 4.60. The van der Waals surface area contributed by atoms with Gasteiger partial charge in [-0.3, -0.25) is 0 Å². The summed E-state index contributed by atoms with van der Waals surface area (Å²) in [7, 11) is 0. The van der Waals surface area contributed by atoms with Crippen molar-refractivity contribution in [3.8, 4) is 0 Å².